The molecule has 0 spiro atoms. The first-order chi connectivity index (χ1) is 13.9. The summed E-state index contributed by atoms with van der Waals surface area (Å²) in [4.78, 5) is 43.7. The molecule has 0 aromatic carbocycles. The zero-order valence-corrected chi connectivity index (χ0v) is 18.9. The number of hydrogen-bond acceptors (Lipinski definition) is 9. The predicted molar refractivity (Wildman–Crippen MR) is 108 cm³/mol. The van der Waals surface area contributed by atoms with Gasteiger partial charge >= 0.3 is 21.3 Å². The number of rotatable bonds is 9. The molecule has 3 atom stereocenters. The first-order valence-electron chi connectivity index (χ1n) is 9.37. The van der Waals surface area contributed by atoms with Crippen molar-refractivity contribution >= 4 is 21.5 Å². The number of nitrogen functional groups attached to an aromatic ring is 1. The Balaban J connectivity index is 0.000000553. The lowest BCUT2D eigenvalue weighted by molar-refractivity contribution is -0.0242. The number of nitrogens with zero attached hydrogens (tertiary/aromatic N) is 3. The van der Waals surface area contributed by atoms with Crippen LogP contribution in [0.4, 0.5) is 5.82 Å². The molecule has 2 rings (SSSR count). The van der Waals surface area contributed by atoms with Gasteiger partial charge in [0.15, 0.2) is 0 Å². The average Bonchev–Trinajstić information content (AvgIpc) is 3.09. The van der Waals surface area contributed by atoms with Gasteiger partial charge in [-0.15, -0.1) is 0 Å². The Kier molecular flexibility index (Phi) is 10.8. The molecule has 1 aromatic rings. The van der Waals surface area contributed by atoms with E-state index in [-0.39, 0.29) is 5.82 Å². The summed E-state index contributed by atoms with van der Waals surface area (Å²) in [7, 11) is -10.1. The van der Waals surface area contributed by atoms with E-state index in [1.54, 1.807) is 0 Å². The summed E-state index contributed by atoms with van der Waals surface area (Å²) in [5.41, 5.74) is 4.78. The molecule has 174 valence electrons. The van der Waals surface area contributed by atoms with Crippen LogP contribution >= 0.6 is 15.6 Å². The number of ether oxygens (including phenoxy) is 1. The highest BCUT2D eigenvalue weighted by molar-refractivity contribution is 7.60. The van der Waals surface area contributed by atoms with E-state index in [0.717, 1.165) is 0 Å². The lowest BCUT2D eigenvalue weighted by atomic mass is 10.2. The average molecular weight is 472 g/mol. The summed E-state index contributed by atoms with van der Waals surface area (Å²) in [5, 5.41) is 0. The van der Waals surface area contributed by atoms with Crippen LogP contribution in [-0.2, 0) is 22.7 Å². The number of anilines is 1. The molecule has 1 fully saturated rings. The maximum absolute atomic E-state index is 11.7. The minimum absolute atomic E-state index is 0.0694. The Labute approximate surface area is 174 Å². The molecular formula is C15H30N4O9P2. The topological polar surface area (TPSA) is 187 Å². The van der Waals surface area contributed by atoms with Crippen molar-refractivity contribution in [2.75, 3.05) is 32.0 Å². The maximum Gasteiger partial charge on any atom is 0.481 e. The van der Waals surface area contributed by atoms with Gasteiger partial charge in [-0.3, -0.25) is 9.09 Å². The molecule has 1 aliphatic heterocycles. The summed E-state index contributed by atoms with van der Waals surface area (Å²) in [6, 6.07) is 1.42. The van der Waals surface area contributed by atoms with Gasteiger partial charge in [-0.05, 0) is 38.5 Å². The molecule has 1 saturated heterocycles. The van der Waals surface area contributed by atoms with Gasteiger partial charge in [0.05, 0.1) is 12.7 Å². The van der Waals surface area contributed by atoms with E-state index in [1.807, 2.05) is 0 Å². The van der Waals surface area contributed by atoms with Crippen molar-refractivity contribution in [1.82, 2.24) is 14.5 Å². The normalized spacial score (nSPS) is 21.2. The lowest BCUT2D eigenvalue weighted by Gasteiger charge is -2.17. The standard InChI is InChI=1S/C9H15N3O9P2.C6H15N/c10-7-3-4-12(9(13)11-7)8-2-1-6(20-8)5-19-23(17,18)21-22(14,15)16;1-4-7(5-2)6-3/h3-4,6,8H,1-2,5H2,(H,17,18)(H2,10,11,13)(H2,14,15,16);4-6H2,1-3H3/t6-,8+;/m0./s1. The molecule has 30 heavy (non-hydrogen) atoms. The van der Waals surface area contributed by atoms with Gasteiger partial charge in [0.25, 0.3) is 0 Å². The first kappa shape index (κ1) is 26.9. The van der Waals surface area contributed by atoms with Gasteiger partial charge in [-0.2, -0.15) is 9.29 Å². The minimum Gasteiger partial charge on any atom is -0.383 e. The van der Waals surface area contributed by atoms with Crippen molar-refractivity contribution in [1.29, 1.82) is 0 Å². The van der Waals surface area contributed by atoms with Crippen molar-refractivity contribution in [2.24, 2.45) is 0 Å². The summed E-state index contributed by atoms with van der Waals surface area (Å²) in [6.07, 6.45) is 0.897. The van der Waals surface area contributed by atoms with Crippen LogP contribution in [0.5, 0.6) is 0 Å². The molecular weight excluding hydrogens is 442 g/mol. The number of phosphoric ester groups is 1. The van der Waals surface area contributed by atoms with E-state index in [4.69, 9.17) is 25.2 Å². The van der Waals surface area contributed by atoms with E-state index in [9.17, 15) is 13.9 Å². The quantitative estimate of drug-likeness (QED) is 0.375. The molecule has 0 amide bonds. The summed E-state index contributed by atoms with van der Waals surface area (Å²) < 4.78 is 36.6. The van der Waals surface area contributed by atoms with Crippen LogP contribution in [0.25, 0.3) is 0 Å². The second-order valence-corrected chi connectivity index (χ2v) is 9.12. The van der Waals surface area contributed by atoms with Gasteiger partial charge in [-0.25, -0.2) is 13.9 Å². The number of phosphoric acid groups is 2. The monoisotopic (exact) mass is 472 g/mol. The van der Waals surface area contributed by atoms with Crippen LogP contribution in [0.3, 0.4) is 0 Å². The lowest BCUT2D eigenvalue weighted by Crippen LogP contribution is -2.27. The fourth-order valence-electron chi connectivity index (χ4n) is 2.67. The van der Waals surface area contributed by atoms with Gasteiger partial charge in [0.2, 0.25) is 0 Å². The zero-order valence-electron chi connectivity index (χ0n) is 17.2. The number of aromatic nitrogens is 2. The van der Waals surface area contributed by atoms with Crippen LogP contribution in [-0.4, -0.2) is 61.5 Å². The first-order valence-corrected chi connectivity index (χ1v) is 12.4. The van der Waals surface area contributed by atoms with Crippen LogP contribution < -0.4 is 11.4 Å². The fraction of sp³-hybridized carbons (Fsp3) is 0.733. The van der Waals surface area contributed by atoms with E-state index in [2.05, 4.69) is 39.5 Å². The smallest absolute Gasteiger partial charge is 0.383 e. The van der Waals surface area contributed by atoms with Gasteiger partial charge in [0.1, 0.15) is 12.0 Å². The molecule has 0 bridgehead atoms. The summed E-state index contributed by atoms with van der Waals surface area (Å²) in [5.74, 6) is 0.0694. The van der Waals surface area contributed by atoms with Crippen LogP contribution in [0, 0.1) is 0 Å². The summed E-state index contributed by atoms with van der Waals surface area (Å²) >= 11 is 0. The Hall–Kier alpha value is -1.14. The van der Waals surface area contributed by atoms with Crippen molar-refractivity contribution in [3.05, 3.63) is 22.7 Å². The van der Waals surface area contributed by atoms with Crippen molar-refractivity contribution in [3.8, 4) is 0 Å². The van der Waals surface area contributed by atoms with Crippen molar-refractivity contribution in [3.63, 3.8) is 0 Å². The molecule has 13 nitrogen and oxygen atoms in total. The van der Waals surface area contributed by atoms with Gasteiger partial charge in [0, 0.05) is 6.20 Å². The molecule has 2 heterocycles. The predicted octanol–water partition coefficient (Wildman–Crippen LogP) is 1.08. The third-order valence-corrected chi connectivity index (χ3v) is 6.37. The number of hydrogen-bond donors (Lipinski definition) is 4. The fourth-order valence-corrected chi connectivity index (χ4v) is 4.28. The third-order valence-electron chi connectivity index (χ3n) is 4.22. The van der Waals surface area contributed by atoms with Crippen LogP contribution in [0.1, 0.15) is 39.8 Å². The van der Waals surface area contributed by atoms with Crippen LogP contribution in [0.15, 0.2) is 17.1 Å². The SMILES string of the molecule is CCN(CC)CC.Nc1ccn([C@H]2CC[C@@H](COP(=O)(O)OP(=O)(O)O)O2)c(=O)n1. The second kappa shape index (κ2) is 12.0. The zero-order chi connectivity index (χ0) is 22.9. The molecule has 0 radical (unpaired) electrons. The largest absolute Gasteiger partial charge is 0.481 e. The molecule has 1 aromatic heterocycles. The Morgan fingerprint density at radius 2 is 1.83 bits per heavy atom. The molecule has 1 aliphatic rings. The van der Waals surface area contributed by atoms with Crippen molar-refractivity contribution < 1.29 is 37.4 Å². The van der Waals surface area contributed by atoms with E-state index in [0.29, 0.717) is 12.8 Å². The van der Waals surface area contributed by atoms with Gasteiger partial charge < -0.3 is 30.1 Å². The Morgan fingerprint density at radius 1 is 1.23 bits per heavy atom. The van der Waals surface area contributed by atoms with E-state index in [1.165, 1.54) is 36.5 Å². The van der Waals surface area contributed by atoms with E-state index >= 15 is 0 Å². The molecule has 1 unspecified atom stereocenters. The Bertz CT molecular complexity index is 806. The molecule has 0 saturated carbocycles. The minimum atomic E-state index is -5.16. The molecule has 0 aliphatic carbocycles. The highest BCUT2D eigenvalue weighted by Gasteiger charge is 2.35. The van der Waals surface area contributed by atoms with Crippen molar-refractivity contribution in [2.45, 2.75) is 45.9 Å². The molecule has 5 N–H and O–H groups in total. The highest BCUT2D eigenvalue weighted by Crippen LogP contribution is 2.57. The maximum atomic E-state index is 11.7. The third kappa shape index (κ3) is 9.78. The van der Waals surface area contributed by atoms with Gasteiger partial charge in [-0.1, -0.05) is 20.8 Å². The van der Waals surface area contributed by atoms with E-state index < -0.39 is 40.3 Å². The molecule has 15 heteroatoms. The Morgan fingerprint density at radius 3 is 2.30 bits per heavy atom. The highest BCUT2D eigenvalue weighted by atomic mass is 31.3. The van der Waals surface area contributed by atoms with Crippen LogP contribution in [0.2, 0.25) is 0 Å². The number of nitrogens with two attached hydrogens (primary N) is 1. The summed E-state index contributed by atoms with van der Waals surface area (Å²) in [6.45, 7) is 9.68. The second-order valence-electron chi connectivity index (χ2n) is 6.29.